The van der Waals surface area contributed by atoms with E-state index in [1.54, 1.807) is 13.8 Å². The van der Waals surface area contributed by atoms with Gasteiger partial charge in [-0.1, -0.05) is 72.9 Å². The van der Waals surface area contributed by atoms with Crippen LogP contribution in [0.2, 0.25) is 0 Å². The number of nitrogens with one attached hydrogen (secondary N) is 2. The van der Waals surface area contributed by atoms with Crippen LogP contribution in [-0.2, 0) is 16.0 Å². The van der Waals surface area contributed by atoms with Crippen LogP contribution in [0.3, 0.4) is 0 Å². The minimum atomic E-state index is -0.362. The Labute approximate surface area is 185 Å². The third kappa shape index (κ3) is 6.39. The largest absolute Gasteiger partial charge is 0.466 e. The lowest BCUT2D eigenvalue weighted by molar-refractivity contribution is -0.147. The van der Waals surface area contributed by atoms with E-state index in [2.05, 4.69) is 34.6 Å². The molecule has 2 aromatic carbocycles. The van der Waals surface area contributed by atoms with E-state index in [9.17, 15) is 14.4 Å². The Hall–Kier alpha value is -3.19. The van der Waals surface area contributed by atoms with Crippen molar-refractivity contribution >= 4 is 23.2 Å². The summed E-state index contributed by atoms with van der Waals surface area (Å²) in [4.78, 5) is 38.6. The van der Waals surface area contributed by atoms with E-state index in [1.807, 2.05) is 30.3 Å². The number of ether oxygens (including phenoxy) is 1. The molecule has 3 aromatic rings. The highest BCUT2D eigenvalue weighted by Crippen LogP contribution is 2.21. The summed E-state index contributed by atoms with van der Waals surface area (Å²) in [7, 11) is 0. The first-order chi connectivity index (χ1) is 15.0. The van der Waals surface area contributed by atoms with Crippen LogP contribution in [0.25, 0.3) is 11.1 Å². The summed E-state index contributed by atoms with van der Waals surface area (Å²) >= 11 is 0.862. The molecule has 0 radical (unpaired) electrons. The number of aromatic nitrogens is 1. The number of hydrogen-bond donors (Lipinski definition) is 2. The van der Waals surface area contributed by atoms with Crippen LogP contribution in [0.5, 0.6) is 0 Å². The summed E-state index contributed by atoms with van der Waals surface area (Å²) < 4.78 is 5.12. The lowest BCUT2D eigenvalue weighted by Gasteiger charge is -2.21. The van der Waals surface area contributed by atoms with Crippen LogP contribution < -0.4 is 10.2 Å². The first-order valence-electron chi connectivity index (χ1n) is 10.3. The number of carbonyl (C=O) groups is 2. The van der Waals surface area contributed by atoms with Crippen LogP contribution in [0.15, 0.2) is 65.6 Å². The van der Waals surface area contributed by atoms with Gasteiger partial charge in [0.05, 0.1) is 12.5 Å². The van der Waals surface area contributed by atoms with Crippen molar-refractivity contribution in [1.82, 2.24) is 10.3 Å². The molecule has 7 heteroatoms. The second kappa shape index (κ2) is 10.7. The summed E-state index contributed by atoms with van der Waals surface area (Å²) in [5, 5.41) is 2.97. The summed E-state index contributed by atoms with van der Waals surface area (Å²) in [6, 6.07) is 18.0. The van der Waals surface area contributed by atoms with Gasteiger partial charge in [-0.3, -0.25) is 14.4 Å². The zero-order valence-corrected chi connectivity index (χ0v) is 18.4. The van der Waals surface area contributed by atoms with Gasteiger partial charge >= 0.3 is 10.8 Å². The van der Waals surface area contributed by atoms with Crippen LogP contribution in [0.1, 0.15) is 35.5 Å². The highest BCUT2D eigenvalue weighted by atomic mass is 32.1. The van der Waals surface area contributed by atoms with Gasteiger partial charge < -0.3 is 15.0 Å². The Balaban J connectivity index is 1.74. The van der Waals surface area contributed by atoms with E-state index in [4.69, 9.17) is 4.74 Å². The van der Waals surface area contributed by atoms with Crippen LogP contribution in [-0.4, -0.2) is 29.5 Å². The van der Waals surface area contributed by atoms with E-state index in [1.165, 1.54) is 6.20 Å². The summed E-state index contributed by atoms with van der Waals surface area (Å²) in [6.45, 7) is 3.88. The zero-order chi connectivity index (χ0) is 22.2. The molecule has 2 N–H and O–H groups in total. The van der Waals surface area contributed by atoms with Crippen molar-refractivity contribution in [2.75, 3.05) is 6.61 Å². The molecule has 1 amide bonds. The average Bonchev–Trinajstić information content (AvgIpc) is 3.21. The lowest BCUT2D eigenvalue weighted by atomic mass is 9.95. The fraction of sp³-hybridized carbons (Fsp3) is 0.292. The molecule has 31 heavy (non-hydrogen) atoms. The smallest absolute Gasteiger partial charge is 0.308 e. The molecule has 0 aliphatic carbocycles. The van der Waals surface area contributed by atoms with E-state index < -0.39 is 0 Å². The molecule has 0 saturated heterocycles. The highest BCUT2D eigenvalue weighted by Gasteiger charge is 2.23. The van der Waals surface area contributed by atoms with Gasteiger partial charge in [-0.2, -0.15) is 0 Å². The molecule has 162 valence electrons. The minimum absolute atomic E-state index is 0.280. The van der Waals surface area contributed by atoms with E-state index in [0.717, 1.165) is 28.0 Å². The Morgan fingerprint density at radius 3 is 2.35 bits per heavy atom. The van der Waals surface area contributed by atoms with Gasteiger partial charge in [0.1, 0.15) is 4.88 Å². The zero-order valence-electron chi connectivity index (χ0n) is 17.6. The number of rotatable bonds is 9. The molecule has 0 fully saturated rings. The first-order valence-corrected chi connectivity index (χ1v) is 11.1. The van der Waals surface area contributed by atoms with Crippen molar-refractivity contribution in [3.8, 4) is 11.1 Å². The fourth-order valence-corrected chi connectivity index (χ4v) is 3.99. The van der Waals surface area contributed by atoms with E-state index in [-0.39, 0.29) is 28.7 Å². The van der Waals surface area contributed by atoms with Crippen molar-refractivity contribution in [2.45, 2.75) is 32.7 Å². The number of H-pyrrole nitrogens is 1. The first kappa shape index (κ1) is 22.5. The van der Waals surface area contributed by atoms with Gasteiger partial charge in [-0.25, -0.2) is 0 Å². The molecule has 0 aliphatic heterocycles. The van der Waals surface area contributed by atoms with E-state index in [0.29, 0.717) is 24.3 Å². The molecular weight excluding hydrogens is 412 g/mol. The average molecular weight is 439 g/mol. The Morgan fingerprint density at radius 1 is 1.06 bits per heavy atom. The van der Waals surface area contributed by atoms with Crippen molar-refractivity contribution in [1.29, 1.82) is 0 Å². The van der Waals surface area contributed by atoms with Crippen LogP contribution in [0, 0.1) is 5.92 Å². The van der Waals surface area contributed by atoms with Crippen molar-refractivity contribution in [3.05, 3.63) is 80.9 Å². The van der Waals surface area contributed by atoms with Gasteiger partial charge in [0.25, 0.3) is 5.91 Å². The van der Waals surface area contributed by atoms with Crippen molar-refractivity contribution in [2.24, 2.45) is 5.92 Å². The number of thiazole rings is 1. The third-order valence-corrected chi connectivity index (χ3v) is 5.78. The maximum Gasteiger partial charge on any atom is 0.308 e. The number of hydrogen-bond acceptors (Lipinski definition) is 5. The standard InChI is InChI=1S/C24H26N2O4S/c1-3-30-23(28)16(2)13-20(26-22(27)21-15-25-24(29)31-21)14-17-9-11-19(12-10-17)18-7-5-4-6-8-18/h4-12,15-16,20H,3,13-14H2,1-2H3,(H,25,29)(H,26,27)/t16-,20+/m1/s1. The van der Waals surface area contributed by atoms with Crippen LogP contribution in [0.4, 0.5) is 0 Å². The normalized spacial score (nSPS) is 12.7. The monoisotopic (exact) mass is 438 g/mol. The Morgan fingerprint density at radius 2 is 1.74 bits per heavy atom. The topological polar surface area (TPSA) is 88.3 Å². The molecule has 1 aromatic heterocycles. The number of carbonyl (C=O) groups excluding carboxylic acids is 2. The molecule has 0 unspecified atom stereocenters. The van der Waals surface area contributed by atoms with Crippen molar-refractivity contribution in [3.63, 3.8) is 0 Å². The predicted octanol–water partition coefficient (Wildman–Crippen LogP) is 4.03. The lowest BCUT2D eigenvalue weighted by Crippen LogP contribution is -2.38. The second-order valence-corrected chi connectivity index (χ2v) is 8.38. The number of benzene rings is 2. The second-order valence-electron chi connectivity index (χ2n) is 7.37. The van der Waals surface area contributed by atoms with Crippen LogP contribution >= 0.6 is 11.3 Å². The number of aromatic amines is 1. The third-order valence-electron chi connectivity index (χ3n) is 4.95. The summed E-state index contributed by atoms with van der Waals surface area (Å²) in [5.41, 5.74) is 3.29. The van der Waals surface area contributed by atoms with Gasteiger partial charge in [0.15, 0.2) is 0 Å². The van der Waals surface area contributed by atoms with E-state index >= 15 is 0 Å². The molecule has 0 bridgehead atoms. The Bertz CT molecular complexity index is 1060. The molecule has 0 spiro atoms. The molecule has 1 heterocycles. The minimum Gasteiger partial charge on any atom is -0.466 e. The van der Waals surface area contributed by atoms with Gasteiger partial charge in [-0.05, 0) is 36.5 Å². The fourth-order valence-electron chi connectivity index (χ4n) is 3.40. The van der Waals surface area contributed by atoms with Gasteiger partial charge in [0.2, 0.25) is 0 Å². The quantitative estimate of drug-likeness (QED) is 0.494. The SMILES string of the molecule is CCOC(=O)[C@H](C)C[C@@H](Cc1ccc(-c2ccccc2)cc1)NC(=O)c1c[nH]c(=O)s1. The molecule has 3 rings (SSSR count). The summed E-state index contributed by atoms with van der Waals surface area (Å²) in [6.07, 6.45) is 2.40. The maximum absolute atomic E-state index is 12.6. The Kier molecular flexibility index (Phi) is 7.78. The molecule has 6 nitrogen and oxygen atoms in total. The van der Waals surface area contributed by atoms with Gasteiger partial charge in [-0.15, -0.1) is 0 Å². The molecule has 0 saturated carbocycles. The van der Waals surface area contributed by atoms with Crippen molar-refractivity contribution < 1.29 is 14.3 Å². The highest BCUT2D eigenvalue weighted by molar-refractivity contribution is 7.11. The molecular formula is C24H26N2O4S. The molecule has 2 atom stereocenters. The number of esters is 1. The maximum atomic E-state index is 12.6. The number of amides is 1. The summed E-state index contributed by atoms with van der Waals surface area (Å²) in [5.74, 6) is -0.975. The predicted molar refractivity (Wildman–Crippen MR) is 122 cm³/mol. The molecule has 0 aliphatic rings. The van der Waals surface area contributed by atoms with Gasteiger partial charge in [0, 0.05) is 12.2 Å².